The molecule has 1 aliphatic rings. The molecule has 0 saturated heterocycles. The number of rotatable bonds is 3. The molecular weight excluding hydrogens is 259 g/mol. The quantitative estimate of drug-likeness (QED) is 0.890. The van der Waals surface area contributed by atoms with E-state index in [2.05, 4.69) is 5.32 Å². The summed E-state index contributed by atoms with van der Waals surface area (Å²) in [5, 5.41) is 10.4. The molecule has 0 bridgehead atoms. The molecule has 0 unspecified atom stereocenters. The SMILES string of the molecule is CC/C=C1\C(=N)OC(c2ccc(F)cc2)=C1C(=O)NC. The number of ether oxygens (including phenoxy) is 1. The van der Waals surface area contributed by atoms with Crippen LogP contribution in [0, 0.1) is 11.2 Å². The second-order valence-electron chi connectivity index (χ2n) is 4.25. The van der Waals surface area contributed by atoms with Crippen molar-refractivity contribution >= 4 is 17.6 Å². The highest BCUT2D eigenvalue weighted by Crippen LogP contribution is 2.33. The highest BCUT2D eigenvalue weighted by molar-refractivity contribution is 6.19. The minimum Gasteiger partial charge on any atom is -0.437 e. The van der Waals surface area contributed by atoms with Crippen LogP contribution in [0.3, 0.4) is 0 Å². The number of halogens is 1. The fourth-order valence-electron chi connectivity index (χ4n) is 2.00. The third kappa shape index (κ3) is 2.47. The van der Waals surface area contributed by atoms with Crippen molar-refractivity contribution in [3.63, 3.8) is 0 Å². The fourth-order valence-corrected chi connectivity index (χ4v) is 2.00. The number of nitrogens with one attached hydrogen (secondary N) is 2. The molecule has 0 fully saturated rings. The molecule has 5 heteroatoms. The van der Waals surface area contributed by atoms with Crippen LogP contribution in [0.5, 0.6) is 0 Å². The molecule has 1 amide bonds. The number of hydrogen-bond donors (Lipinski definition) is 2. The maximum Gasteiger partial charge on any atom is 0.255 e. The average molecular weight is 274 g/mol. The Bertz CT molecular complexity index is 615. The van der Waals surface area contributed by atoms with Crippen LogP contribution in [0.4, 0.5) is 4.39 Å². The monoisotopic (exact) mass is 274 g/mol. The van der Waals surface area contributed by atoms with E-state index in [1.165, 1.54) is 31.3 Å². The van der Waals surface area contributed by atoms with Gasteiger partial charge in [-0.1, -0.05) is 13.0 Å². The molecule has 1 heterocycles. The second-order valence-corrected chi connectivity index (χ2v) is 4.25. The first kappa shape index (κ1) is 14.0. The van der Waals surface area contributed by atoms with Crippen molar-refractivity contribution in [2.45, 2.75) is 13.3 Å². The van der Waals surface area contributed by atoms with E-state index in [1.807, 2.05) is 6.92 Å². The summed E-state index contributed by atoms with van der Waals surface area (Å²) in [7, 11) is 1.52. The van der Waals surface area contributed by atoms with Gasteiger partial charge in [0.25, 0.3) is 5.91 Å². The molecule has 0 spiro atoms. The van der Waals surface area contributed by atoms with Crippen LogP contribution in [-0.2, 0) is 9.53 Å². The van der Waals surface area contributed by atoms with Crippen LogP contribution in [0.2, 0.25) is 0 Å². The molecular formula is C15H15FN2O2. The maximum absolute atomic E-state index is 13.0. The summed E-state index contributed by atoms with van der Waals surface area (Å²) in [6, 6.07) is 5.63. The Labute approximate surface area is 116 Å². The van der Waals surface area contributed by atoms with E-state index in [0.29, 0.717) is 23.1 Å². The van der Waals surface area contributed by atoms with Crippen LogP contribution >= 0.6 is 0 Å². The minimum absolute atomic E-state index is 0.0650. The summed E-state index contributed by atoms with van der Waals surface area (Å²) < 4.78 is 18.4. The first-order valence-corrected chi connectivity index (χ1v) is 6.28. The Kier molecular flexibility index (Phi) is 3.98. The van der Waals surface area contributed by atoms with Crippen molar-refractivity contribution in [1.29, 1.82) is 5.41 Å². The minimum atomic E-state index is -0.367. The standard InChI is InChI=1S/C15H15FN2O2/c1-3-4-11-12(15(19)18-2)13(20-14(11)17)9-5-7-10(16)8-6-9/h4-8,17H,3H2,1-2H3,(H,18,19)/b11-4-,17-14?. The lowest BCUT2D eigenvalue weighted by Crippen LogP contribution is -2.21. The van der Waals surface area contributed by atoms with E-state index >= 15 is 0 Å². The van der Waals surface area contributed by atoms with Crippen LogP contribution in [-0.4, -0.2) is 18.9 Å². The van der Waals surface area contributed by atoms with Gasteiger partial charge in [-0.25, -0.2) is 4.39 Å². The predicted molar refractivity (Wildman–Crippen MR) is 74.6 cm³/mol. The first-order valence-electron chi connectivity index (χ1n) is 6.28. The summed E-state index contributed by atoms with van der Waals surface area (Å²) in [5.41, 5.74) is 1.34. The number of benzene rings is 1. The lowest BCUT2D eigenvalue weighted by molar-refractivity contribution is -0.116. The number of carbonyl (C=O) groups is 1. The topological polar surface area (TPSA) is 62.2 Å². The van der Waals surface area contributed by atoms with Crippen molar-refractivity contribution in [2.75, 3.05) is 7.05 Å². The predicted octanol–water partition coefficient (Wildman–Crippen LogP) is 2.63. The zero-order chi connectivity index (χ0) is 14.7. The van der Waals surface area contributed by atoms with Crippen molar-refractivity contribution < 1.29 is 13.9 Å². The molecule has 104 valence electrons. The lowest BCUT2D eigenvalue weighted by atomic mass is 10.0. The number of hydrogen-bond acceptors (Lipinski definition) is 3. The van der Waals surface area contributed by atoms with Gasteiger partial charge in [-0.3, -0.25) is 10.2 Å². The number of allylic oxidation sites excluding steroid dienone is 1. The maximum atomic E-state index is 13.0. The summed E-state index contributed by atoms with van der Waals surface area (Å²) in [4.78, 5) is 12.0. The highest BCUT2D eigenvalue weighted by Gasteiger charge is 2.32. The molecule has 0 radical (unpaired) electrons. The first-order chi connectivity index (χ1) is 9.58. The van der Waals surface area contributed by atoms with Gasteiger partial charge in [-0.15, -0.1) is 0 Å². The van der Waals surface area contributed by atoms with Gasteiger partial charge in [0.1, 0.15) is 11.6 Å². The molecule has 1 aromatic carbocycles. The van der Waals surface area contributed by atoms with E-state index in [9.17, 15) is 9.18 Å². The molecule has 0 atom stereocenters. The normalized spacial score (nSPS) is 16.6. The van der Waals surface area contributed by atoms with Crippen LogP contribution in [0.1, 0.15) is 18.9 Å². The van der Waals surface area contributed by atoms with Crippen LogP contribution in [0.25, 0.3) is 5.76 Å². The van der Waals surface area contributed by atoms with E-state index in [1.54, 1.807) is 6.08 Å². The molecule has 0 saturated carbocycles. The highest BCUT2D eigenvalue weighted by atomic mass is 19.1. The Morgan fingerprint density at radius 3 is 2.60 bits per heavy atom. The second kappa shape index (κ2) is 5.69. The molecule has 1 aliphatic heterocycles. The van der Waals surface area contributed by atoms with E-state index < -0.39 is 0 Å². The summed E-state index contributed by atoms with van der Waals surface area (Å²) in [6.07, 6.45) is 2.45. The van der Waals surface area contributed by atoms with E-state index in [0.717, 1.165) is 0 Å². The largest absolute Gasteiger partial charge is 0.437 e. The van der Waals surface area contributed by atoms with E-state index in [4.69, 9.17) is 10.1 Å². The lowest BCUT2D eigenvalue weighted by Gasteiger charge is -2.05. The van der Waals surface area contributed by atoms with Gasteiger partial charge in [0, 0.05) is 18.2 Å². The number of carbonyl (C=O) groups excluding carboxylic acids is 1. The van der Waals surface area contributed by atoms with Gasteiger partial charge < -0.3 is 10.1 Å². The molecule has 20 heavy (non-hydrogen) atoms. The van der Waals surface area contributed by atoms with Crippen molar-refractivity contribution in [3.05, 3.63) is 52.9 Å². The molecule has 1 aromatic rings. The number of likely N-dealkylation sites (N-methyl/N-ethyl adjacent to an activating group) is 1. The van der Waals surface area contributed by atoms with Crippen molar-refractivity contribution in [2.24, 2.45) is 0 Å². The Hall–Kier alpha value is -2.43. The smallest absolute Gasteiger partial charge is 0.255 e. The third-order valence-electron chi connectivity index (χ3n) is 2.91. The summed E-state index contributed by atoms with van der Waals surface area (Å²) in [6.45, 7) is 1.91. The van der Waals surface area contributed by atoms with Gasteiger partial charge in [-0.05, 0) is 30.7 Å². The molecule has 4 nitrogen and oxygen atoms in total. The van der Waals surface area contributed by atoms with Crippen LogP contribution in [0.15, 0.2) is 41.5 Å². The van der Waals surface area contributed by atoms with Crippen molar-refractivity contribution in [3.8, 4) is 0 Å². The summed E-state index contributed by atoms with van der Waals surface area (Å²) >= 11 is 0. The van der Waals surface area contributed by atoms with Crippen LogP contribution < -0.4 is 5.32 Å². The zero-order valence-electron chi connectivity index (χ0n) is 11.3. The van der Waals surface area contributed by atoms with Gasteiger partial charge in [-0.2, -0.15) is 0 Å². The van der Waals surface area contributed by atoms with Gasteiger partial charge in [0.2, 0.25) is 5.90 Å². The molecule has 2 rings (SSSR count). The zero-order valence-corrected chi connectivity index (χ0v) is 11.3. The molecule has 0 aliphatic carbocycles. The Morgan fingerprint density at radius 2 is 2.05 bits per heavy atom. The Morgan fingerprint density at radius 1 is 1.40 bits per heavy atom. The third-order valence-corrected chi connectivity index (χ3v) is 2.91. The fraction of sp³-hybridized carbons (Fsp3) is 0.200. The van der Waals surface area contributed by atoms with Crippen molar-refractivity contribution in [1.82, 2.24) is 5.32 Å². The molecule has 0 aromatic heterocycles. The summed E-state index contributed by atoms with van der Waals surface area (Å²) in [5.74, 6) is -0.474. The Balaban J connectivity index is 2.58. The van der Waals surface area contributed by atoms with Gasteiger partial charge >= 0.3 is 0 Å². The van der Waals surface area contributed by atoms with E-state index in [-0.39, 0.29) is 23.4 Å². The van der Waals surface area contributed by atoms with Gasteiger partial charge in [0.15, 0.2) is 0 Å². The molecule has 2 N–H and O–H groups in total. The van der Waals surface area contributed by atoms with Gasteiger partial charge in [0.05, 0.1) is 5.57 Å². The number of amides is 1. The average Bonchev–Trinajstić information content (AvgIpc) is 2.77.